The molecule has 0 fully saturated rings. The summed E-state index contributed by atoms with van der Waals surface area (Å²) in [6, 6.07) is 6.32. The smallest absolute Gasteiger partial charge is 0.354 e. The van der Waals surface area contributed by atoms with E-state index in [9.17, 15) is 13.2 Å². The van der Waals surface area contributed by atoms with Crippen LogP contribution in [0, 0.1) is 6.92 Å². The van der Waals surface area contributed by atoms with Gasteiger partial charge in [0.1, 0.15) is 5.70 Å². The quantitative estimate of drug-likeness (QED) is 0.456. The molecule has 5 nitrogen and oxygen atoms in total. The van der Waals surface area contributed by atoms with E-state index in [0.717, 1.165) is 17.0 Å². The summed E-state index contributed by atoms with van der Waals surface area (Å²) in [4.78, 5) is 11.6. The Labute approximate surface area is 119 Å². The van der Waals surface area contributed by atoms with Crippen molar-refractivity contribution < 1.29 is 17.9 Å². The number of nitrogens with zero attached hydrogens (tertiary/aromatic N) is 1. The van der Waals surface area contributed by atoms with E-state index in [1.807, 2.05) is 6.92 Å². The van der Waals surface area contributed by atoms with Gasteiger partial charge in [0.25, 0.3) is 10.0 Å². The highest BCUT2D eigenvalue weighted by atomic mass is 32.2. The molecular formula is C14H17NO4S. The Morgan fingerprint density at radius 3 is 2.35 bits per heavy atom. The van der Waals surface area contributed by atoms with E-state index in [2.05, 4.69) is 17.9 Å². The van der Waals surface area contributed by atoms with Crippen molar-refractivity contribution in [1.82, 2.24) is 4.31 Å². The van der Waals surface area contributed by atoms with Crippen molar-refractivity contribution in [3.63, 3.8) is 0 Å². The second-order valence-electron chi connectivity index (χ2n) is 4.08. The largest absolute Gasteiger partial charge is 0.464 e. The number of benzene rings is 1. The zero-order chi connectivity index (χ0) is 15.3. The molecule has 1 aromatic rings. The van der Waals surface area contributed by atoms with Gasteiger partial charge in [-0.3, -0.25) is 4.31 Å². The number of sulfonamides is 1. The molecule has 0 atom stereocenters. The molecule has 20 heavy (non-hydrogen) atoms. The number of aryl methyl sites for hydroxylation is 1. The first-order valence-electron chi connectivity index (χ1n) is 5.82. The van der Waals surface area contributed by atoms with Crippen molar-refractivity contribution in [2.24, 2.45) is 0 Å². The van der Waals surface area contributed by atoms with E-state index >= 15 is 0 Å². The molecule has 0 unspecified atom stereocenters. The number of hydrogen-bond donors (Lipinski definition) is 0. The van der Waals surface area contributed by atoms with Gasteiger partial charge >= 0.3 is 5.97 Å². The molecule has 1 aromatic carbocycles. The molecule has 0 saturated carbocycles. The van der Waals surface area contributed by atoms with Crippen LogP contribution in [0.25, 0.3) is 0 Å². The summed E-state index contributed by atoms with van der Waals surface area (Å²) in [5, 5.41) is 0. The highest BCUT2D eigenvalue weighted by Gasteiger charge is 2.28. The van der Waals surface area contributed by atoms with E-state index in [-0.39, 0.29) is 17.1 Å². The van der Waals surface area contributed by atoms with Gasteiger partial charge in [0.15, 0.2) is 0 Å². The second-order valence-corrected chi connectivity index (χ2v) is 5.94. The van der Waals surface area contributed by atoms with Crippen molar-refractivity contribution in [3.05, 3.63) is 54.8 Å². The molecule has 6 heteroatoms. The van der Waals surface area contributed by atoms with Crippen LogP contribution in [0.5, 0.6) is 0 Å². The lowest BCUT2D eigenvalue weighted by atomic mass is 10.2. The maximum Gasteiger partial charge on any atom is 0.354 e. The Bertz CT molecular complexity index is 617. The fourth-order valence-electron chi connectivity index (χ4n) is 1.53. The predicted octanol–water partition coefficient (Wildman–Crippen LogP) is 1.86. The van der Waals surface area contributed by atoms with Gasteiger partial charge in [-0.05, 0) is 19.1 Å². The Kier molecular flexibility index (Phi) is 5.10. The van der Waals surface area contributed by atoms with Crippen LogP contribution in [0.1, 0.15) is 5.56 Å². The fourth-order valence-corrected chi connectivity index (χ4v) is 2.93. The topological polar surface area (TPSA) is 63.7 Å². The summed E-state index contributed by atoms with van der Waals surface area (Å²) >= 11 is 0. The van der Waals surface area contributed by atoms with Crippen LogP contribution >= 0.6 is 0 Å². The monoisotopic (exact) mass is 295 g/mol. The van der Waals surface area contributed by atoms with Gasteiger partial charge in [-0.15, -0.1) is 6.58 Å². The highest BCUT2D eigenvalue weighted by molar-refractivity contribution is 7.89. The molecule has 0 radical (unpaired) electrons. The van der Waals surface area contributed by atoms with Crippen LogP contribution in [0.4, 0.5) is 0 Å². The number of rotatable bonds is 6. The van der Waals surface area contributed by atoms with Crippen LogP contribution in [0.15, 0.2) is 54.1 Å². The third-order valence-corrected chi connectivity index (χ3v) is 4.44. The maximum atomic E-state index is 12.5. The summed E-state index contributed by atoms with van der Waals surface area (Å²) in [5.41, 5.74) is 0.680. The summed E-state index contributed by atoms with van der Waals surface area (Å²) in [6.07, 6.45) is 1.37. The van der Waals surface area contributed by atoms with Crippen molar-refractivity contribution in [2.75, 3.05) is 13.7 Å². The zero-order valence-electron chi connectivity index (χ0n) is 11.5. The van der Waals surface area contributed by atoms with Gasteiger partial charge in [0.05, 0.1) is 18.6 Å². The first-order chi connectivity index (χ1) is 9.34. The first-order valence-corrected chi connectivity index (χ1v) is 7.26. The standard InChI is InChI=1S/C14H17NO4S/c1-5-10-15(12(3)14(16)19-4)20(17,18)13-8-6-11(2)7-9-13/h5-9H,1,3,10H2,2,4H3. The minimum atomic E-state index is -3.87. The van der Waals surface area contributed by atoms with Gasteiger partial charge in [0, 0.05) is 0 Å². The Morgan fingerprint density at radius 1 is 1.35 bits per heavy atom. The van der Waals surface area contributed by atoms with Crippen LogP contribution in [0.3, 0.4) is 0 Å². The third-order valence-electron chi connectivity index (χ3n) is 2.63. The van der Waals surface area contributed by atoms with E-state index in [0.29, 0.717) is 0 Å². The van der Waals surface area contributed by atoms with Crippen molar-refractivity contribution >= 4 is 16.0 Å². The number of esters is 1. The Morgan fingerprint density at radius 2 is 1.90 bits per heavy atom. The van der Waals surface area contributed by atoms with Crippen molar-refractivity contribution in [1.29, 1.82) is 0 Å². The average molecular weight is 295 g/mol. The van der Waals surface area contributed by atoms with Crippen LogP contribution in [-0.2, 0) is 19.6 Å². The second kappa shape index (κ2) is 6.38. The number of ether oxygens (including phenoxy) is 1. The molecule has 0 aliphatic heterocycles. The van der Waals surface area contributed by atoms with Gasteiger partial charge in [-0.25, -0.2) is 13.2 Å². The summed E-state index contributed by atoms with van der Waals surface area (Å²) in [7, 11) is -2.71. The van der Waals surface area contributed by atoms with Crippen LogP contribution < -0.4 is 0 Å². The van der Waals surface area contributed by atoms with Gasteiger partial charge in [-0.1, -0.05) is 30.4 Å². The molecule has 0 bridgehead atoms. The summed E-state index contributed by atoms with van der Waals surface area (Å²) in [6.45, 7) is 8.76. The molecule has 0 amide bonds. The van der Waals surface area contributed by atoms with Crippen LogP contribution in [0.2, 0.25) is 0 Å². The zero-order valence-corrected chi connectivity index (χ0v) is 12.3. The minimum absolute atomic E-state index is 0.0653. The molecule has 1 rings (SSSR count). The number of methoxy groups -OCH3 is 1. The molecule has 0 spiro atoms. The SMILES string of the molecule is C=CCN(C(=C)C(=O)OC)S(=O)(=O)c1ccc(C)cc1. The molecule has 0 aliphatic rings. The first kappa shape index (κ1) is 16.0. The number of hydrogen-bond acceptors (Lipinski definition) is 4. The fraction of sp³-hybridized carbons (Fsp3) is 0.214. The Hall–Kier alpha value is -2.08. The molecule has 0 heterocycles. The Balaban J connectivity index is 3.25. The predicted molar refractivity (Wildman–Crippen MR) is 76.4 cm³/mol. The van der Waals surface area contributed by atoms with Gasteiger partial charge < -0.3 is 4.74 Å². The molecule has 108 valence electrons. The molecule has 0 aromatic heterocycles. The molecular weight excluding hydrogens is 278 g/mol. The lowest BCUT2D eigenvalue weighted by Crippen LogP contribution is -2.34. The molecule has 0 N–H and O–H groups in total. The van der Waals surface area contributed by atoms with Gasteiger partial charge in [-0.2, -0.15) is 0 Å². The van der Waals surface area contributed by atoms with E-state index in [4.69, 9.17) is 0 Å². The maximum absolute atomic E-state index is 12.5. The summed E-state index contributed by atoms with van der Waals surface area (Å²) in [5.74, 6) is -0.803. The van der Waals surface area contributed by atoms with E-state index in [1.54, 1.807) is 12.1 Å². The number of carbonyl (C=O) groups excluding carboxylic acids is 1. The van der Waals surface area contributed by atoms with Crippen molar-refractivity contribution in [3.8, 4) is 0 Å². The summed E-state index contributed by atoms with van der Waals surface area (Å²) < 4.78 is 30.4. The molecule has 0 saturated heterocycles. The number of carbonyl (C=O) groups is 1. The van der Waals surface area contributed by atoms with E-state index in [1.165, 1.54) is 18.2 Å². The van der Waals surface area contributed by atoms with E-state index < -0.39 is 16.0 Å². The molecule has 0 aliphatic carbocycles. The van der Waals surface area contributed by atoms with Gasteiger partial charge in [0.2, 0.25) is 0 Å². The normalized spacial score (nSPS) is 10.7. The highest BCUT2D eigenvalue weighted by Crippen LogP contribution is 2.20. The third kappa shape index (κ3) is 3.27. The lowest BCUT2D eigenvalue weighted by Gasteiger charge is -2.23. The lowest BCUT2D eigenvalue weighted by molar-refractivity contribution is -0.137. The van der Waals surface area contributed by atoms with Crippen LogP contribution in [-0.4, -0.2) is 32.3 Å². The average Bonchev–Trinajstić information content (AvgIpc) is 2.43. The van der Waals surface area contributed by atoms with Crippen molar-refractivity contribution in [2.45, 2.75) is 11.8 Å². The minimum Gasteiger partial charge on any atom is -0.464 e.